The van der Waals surface area contributed by atoms with Crippen LogP contribution in [-0.4, -0.2) is 93.3 Å². The molecule has 0 aliphatic rings. The first-order chi connectivity index (χ1) is 24.8. The van der Waals surface area contributed by atoms with E-state index in [2.05, 4.69) is 211 Å². The molecule has 0 aliphatic heterocycles. The number of nitrogens with zero attached hydrogens (tertiary/aromatic N) is 10. The number of hydrogen-bond acceptors (Lipinski definition) is 1. The first-order valence-corrected chi connectivity index (χ1v) is 17.3. The molecule has 266 valence electrons. The first kappa shape index (κ1) is 35.6. The number of anilines is 1. The van der Waals surface area contributed by atoms with E-state index in [4.69, 9.17) is 5.73 Å². The molecule has 11 heteroatoms. The van der Waals surface area contributed by atoms with Crippen molar-refractivity contribution in [2.24, 2.45) is 0 Å². The molecule has 52 heavy (non-hydrogen) atoms. The van der Waals surface area contributed by atoms with Crippen LogP contribution < -0.4 is 55.4 Å². The highest BCUT2D eigenvalue weighted by Gasteiger charge is 2.27. The van der Waals surface area contributed by atoms with Crippen LogP contribution in [0.25, 0.3) is 28.4 Å². The third-order valence-electron chi connectivity index (χ3n) is 9.34. The van der Waals surface area contributed by atoms with E-state index < -0.39 is 0 Å². The molecule has 0 fully saturated rings. The summed E-state index contributed by atoms with van der Waals surface area (Å²) in [5.41, 5.74) is 12.7. The predicted molar refractivity (Wildman–Crippen MR) is 213 cm³/mol. The lowest BCUT2D eigenvalue weighted by Gasteiger charge is -2.29. The molecule has 0 amide bonds. The second-order valence-corrected chi connectivity index (χ2v) is 13.9. The highest BCUT2D eigenvalue weighted by Crippen LogP contribution is 2.42. The van der Waals surface area contributed by atoms with Crippen LogP contribution in [0.15, 0.2) is 123 Å². The molecule has 5 aromatic heterocycles. The number of pyridine rings is 5. The van der Waals surface area contributed by atoms with Gasteiger partial charge in [-0.2, -0.15) is 0 Å². The van der Waals surface area contributed by atoms with Crippen LogP contribution in [0.4, 0.5) is 5.69 Å². The van der Waals surface area contributed by atoms with E-state index in [1.807, 2.05) is 28.2 Å². The number of hydrogen-bond donors (Lipinski definition) is 1. The van der Waals surface area contributed by atoms with E-state index >= 15 is 0 Å². The Morgan fingerprint density at radius 1 is 0.288 bits per heavy atom. The zero-order valence-electron chi connectivity index (χ0n) is 32.1. The van der Waals surface area contributed by atoms with E-state index in [-0.39, 0.29) is 0 Å². The lowest BCUT2D eigenvalue weighted by molar-refractivity contribution is 0.797. The monoisotopic (exact) mass is 698 g/mol. The van der Waals surface area contributed by atoms with Crippen molar-refractivity contribution in [3.63, 3.8) is 0 Å². The molecule has 0 bridgehead atoms. The van der Waals surface area contributed by atoms with Crippen molar-refractivity contribution in [1.29, 1.82) is 0 Å². The van der Waals surface area contributed by atoms with Gasteiger partial charge in [-0.25, -0.2) is 22.9 Å². The standard InChI is InChI=1S/C41H52N11/c1-43(2)31-11-21-48(22-12-31)37-36(42)38(49-23-13-32(14-24-49)44(3)4)40(51-27-17-34(18-28-51)46(7)8)41(52-29-19-35(20-30-52)47(9)10)39(37)50-25-15-33(16-26-50)45(5)6/h11-30H,42H2,1-10H3/q+5. The Labute approximate surface area is 304 Å². The van der Waals surface area contributed by atoms with Crippen LogP contribution in [0, 0.1) is 0 Å². The maximum absolute atomic E-state index is 7.56. The van der Waals surface area contributed by atoms with Crippen LogP contribution in [0.1, 0.15) is 0 Å². The van der Waals surface area contributed by atoms with Gasteiger partial charge in [-0.3, -0.25) is 0 Å². The molecule has 0 saturated carbocycles. The Morgan fingerprint density at radius 3 is 0.615 bits per heavy atom. The Kier molecular flexibility index (Phi) is 9.96. The average Bonchev–Trinajstić information content (AvgIpc) is 3.14. The molecule has 0 radical (unpaired) electrons. The first-order valence-electron chi connectivity index (χ1n) is 17.3. The van der Waals surface area contributed by atoms with Crippen LogP contribution in [0.5, 0.6) is 0 Å². The van der Waals surface area contributed by atoms with E-state index in [0.717, 1.165) is 55.2 Å². The van der Waals surface area contributed by atoms with Gasteiger partial charge in [-0.1, -0.05) is 0 Å². The summed E-state index contributed by atoms with van der Waals surface area (Å²) in [5.74, 6) is 0. The topological polar surface area (TPSA) is 65.7 Å². The molecule has 11 nitrogen and oxygen atoms in total. The molecule has 6 rings (SSSR count). The van der Waals surface area contributed by atoms with Crippen molar-refractivity contribution in [3.05, 3.63) is 149 Å². The number of nitrogens with two attached hydrogens (primary N) is 1. The van der Waals surface area contributed by atoms with Gasteiger partial charge in [0.2, 0.25) is 26.8 Å². The summed E-state index contributed by atoms with van der Waals surface area (Å²) >= 11 is 0. The second-order valence-electron chi connectivity index (χ2n) is 13.9. The maximum Gasteiger partial charge on any atom is 0.202 e. The molecule has 6 aromatic rings. The van der Waals surface area contributed by atoms with Crippen LogP contribution in [-0.2, 0) is 0 Å². The van der Waals surface area contributed by atoms with Gasteiger partial charge in [0.05, 0.1) is 34.1 Å². The summed E-state index contributed by atoms with van der Waals surface area (Å²) in [7, 11) is 20.5. The minimum atomic E-state index is 0.623. The summed E-state index contributed by atoms with van der Waals surface area (Å²) in [4.78, 5) is 0. The van der Waals surface area contributed by atoms with Crippen molar-refractivity contribution in [2.75, 3.05) is 76.2 Å². The fraction of sp³-hybridized carbons (Fsp3) is 0.244. The third kappa shape index (κ3) is 6.89. The van der Waals surface area contributed by atoms with E-state index in [1.54, 1.807) is 0 Å². The molecular formula is C41H52N11+5. The zero-order valence-corrected chi connectivity index (χ0v) is 32.1. The lowest BCUT2D eigenvalue weighted by atomic mass is 10.1. The van der Waals surface area contributed by atoms with E-state index in [1.165, 1.54) is 0 Å². The average molecular weight is 699 g/mol. The highest BCUT2D eigenvalue weighted by atomic mass is 15.1. The van der Waals surface area contributed by atoms with Crippen molar-refractivity contribution < 1.29 is 0 Å². The zero-order chi connectivity index (χ0) is 37.3. The van der Waals surface area contributed by atoms with Crippen molar-refractivity contribution in [1.82, 2.24) is 45.7 Å². The minimum Gasteiger partial charge on any atom is -0.395 e. The molecule has 0 atom stereocenters. The van der Waals surface area contributed by atoms with Gasteiger partial charge in [0.25, 0.3) is 0 Å². The maximum atomic E-state index is 7.56. The molecule has 0 saturated heterocycles. The Balaban J connectivity index is 1.91. The molecule has 0 aliphatic carbocycles. The van der Waals surface area contributed by atoms with Gasteiger partial charge in [0.15, 0.2) is 0 Å². The minimum absolute atomic E-state index is 0.623. The quantitative estimate of drug-likeness (QED) is 0.206. The number of aromatic nitrogens is 5. The van der Waals surface area contributed by atoms with Gasteiger partial charge in [0.1, 0.15) is 70.5 Å². The Hall–Kier alpha value is -6.23. The van der Waals surface area contributed by atoms with Crippen LogP contribution in [0.2, 0.25) is 0 Å². The summed E-state index contributed by atoms with van der Waals surface area (Å²) in [5, 5.41) is 5.48. The summed E-state index contributed by atoms with van der Waals surface area (Å²) in [6.45, 7) is 0. The van der Waals surface area contributed by atoms with E-state index in [9.17, 15) is 0 Å². The Bertz CT molecular complexity index is 2430. The SMILES string of the molecule is C[N+](C)=c1ccn(-c2c(N)c(-n3ccc(=[N+](C)C)cc3)c(-n3ccc(=[N+](C)C)cc3)c(-n3ccc(=[N+](C)C)cc3)c2-n2ccc(=[N+](C)C)cc2)cc1. The smallest absolute Gasteiger partial charge is 0.202 e. The van der Waals surface area contributed by atoms with Crippen molar-refractivity contribution in [3.8, 4) is 28.4 Å². The predicted octanol–water partition coefficient (Wildman–Crippen LogP) is 0.381. The summed E-state index contributed by atoms with van der Waals surface area (Å²) in [6.07, 6.45) is 21.1. The Morgan fingerprint density at radius 2 is 0.442 bits per heavy atom. The van der Waals surface area contributed by atoms with Crippen LogP contribution >= 0.6 is 0 Å². The molecule has 5 heterocycles. The van der Waals surface area contributed by atoms with Gasteiger partial charge in [-0.15, -0.1) is 0 Å². The molecule has 2 N–H and O–H groups in total. The van der Waals surface area contributed by atoms with Crippen molar-refractivity contribution >= 4 is 5.69 Å². The van der Waals surface area contributed by atoms with Gasteiger partial charge in [0, 0.05) is 123 Å². The highest BCUT2D eigenvalue weighted by molar-refractivity contribution is 5.90. The number of rotatable bonds is 5. The molecule has 0 spiro atoms. The fourth-order valence-corrected chi connectivity index (χ4v) is 6.29. The third-order valence-corrected chi connectivity index (χ3v) is 9.34. The number of benzene rings is 1. The number of nitrogen functional groups attached to an aromatic ring is 1. The molecule has 0 unspecified atom stereocenters. The largest absolute Gasteiger partial charge is 0.395 e. The summed E-state index contributed by atoms with van der Waals surface area (Å²) in [6, 6.07) is 21.3. The van der Waals surface area contributed by atoms with E-state index in [0.29, 0.717) is 5.69 Å². The van der Waals surface area contributed by atoms with Gasteiger partial charge in [-0.05, 0) is 0 Å². The lowest BCUT2D eigenvalue weighted by Crippen LogP contribution is -2.25. The molecular weight excluding hydrogens is 647 g/mol. The normalized spacial score (nSPS) is 11.0. The van der Waals surface area contributed by atoms with Gasteiger partial charge < -0.3 is 28.6 Å². The van der Waals surface area contributed by atoms with Crippen molar-refractivity contribution in [2.45, 2.75) is 0 Å². The molecule has 1 aromatic carbocycles. The second kappa shape index (κ2) is 14.6. The summed E-state index contributed by atoms with van der Waals surface area (Å²) < 4.78 is 21.3. The fourth-order valence-electron chi connectivity index (χ4n) is 6.29. The van der Waals surface area contributed by atoms with Gasteiger partial charge >= 0.3 is 0 Å². The van der Waals surface area contributed by atoms with Crippen LogP contribution in [0.3, 0.4) is 0 Å².